The summed E-state index contributed by atoms with van der Waals surface area (Å²) in [4.78, 5) is 26.8. The Bertz CT molecular complexity index is 317. The molecule has 0 aromatic carbocycles. The van der Waals surface area contributed by atoms with Crippen molar-refractivity contribution < 1.29 is 9.59 Å². The van der Waals surface area contributed by atoms with Gasteiger partial charge >= 0.3 is 0 Å². The summed E-state index contributed by atoms with van der Waals surface area (Å²) < 4.78 is 0. The van der Waals surface area contributed by atoms with Crippen molar-refractivity contribution in [1.29, 1.82) is 0 Å². The first-order chi connectivity index (χ1) is 8.21. The van der Waals surface area contributed by atoms with Crippen molar-refractivity contribution in [3.63, 3.8) is 0 Å². The third kappa shape index (κ3) is 3.96. The highest BCUT2D eigenvalue weighted by molar-refractivity contribution is 5.87. The Labute approximate surface area is 108 Å². The molecule has 1 aliphatic heterocycles. The van der Waals surface area contributed by atoms with Gasteiger partial charge in [-0.3, -0.25) is 14.5 Å². The number of carbonyl (C=O) groups excluding carboxylic acids is 2. The summed E-state index contributed by atoms with van der Waals surface area (Å²) in [6, 6.07) is -0.802. The van der Waals surface area contributed by atoms with Gasteiger partial charge in [0.2, 0.25) is 11.8 Å². The number of hydrogen-bond donors (Lipinski definition) is 2. The van der Waals surface area contributed by atoms with E-state index >= 15 is 0 Å². The van der Waals surface area contributed by atoms with Gasteiger partial charge in [0.1, 0.15) is 0 Å². The fourth-order valence-electron chi connectivity index (χ4n) is 2.14. The molecule has 1 rings (SSSR count). The highest BCUT2D eigenvalue weighted by Gasteiger charge is 2.30. The van der Waals surface area contributed by atoms with E-state index in [0.717, 1.165) is 13.1 Å². The maximum Gasteiger partial charge on any atom is 0.240 e. The summed E-state index contributed by atoms with van der Waals surface area (Å²) in [5.74, 6) is -0.716. The van der Waals surface area contributed by atoms with E-state index in [-0.39, 0.29) is 17.9 Å². The molecule has 18 heavy (non-hydrogen) atoms. The molecule has 6 nitrogen and oxygen atoms in total. The summed E-state index contributed by atoms with van der Waals surface area (Å²) in [7, 11) is 0. The van der Waals surface area contributed by atoms with Gasteiger partial charge in [0, 0.05) is 31.7 Å². The molecule has 1 saturated heterocycles. The minimum absolute atomic E-state index is 0.0850. The molecule has 0 saturated carbocycles. The van der Waals surface area contributed by atoms with Crippen molar-refractivity contribution in [1.82, 2.24) is 9.80 Å². The van der Waals surface area contributed by atoms with Crippen molar-refractivity contribution in [3.05, 3.63) is 0 Å². The van der Waals surface area contributed by atoms with Crippen LogP contribution in [0, 0.1) is 0 Å². The van der Waals surface area contributed by atoms with E-state index in [0.29, 0.717) is 13.1 Å². The molecular weight excluding hydrogens is 232 g/mol. The second-order valence-corrected chi connectivity index (χ2v) is 5.76. The molecule has 104 valence electrons. The number of rotatable bonds is 3. The molecule has 1 aliphatic rings. The summed E-state index contributed by atoms with van der Waals surface area (Å²) in [5.41, 5.74) is 10.8. The molecule has 1 fully saturated rings. The molecular formula is C12H24N4O2. The van der Waals surface area contributed by atoms with Crippen LogP contribution in [0.1, 0.15) is 27.2 Å². The average Bonchev–Trinajstić information content (AvgIpc) is 2.26. The van der Waals surface area contributed by atoms with E-state index in [1.807, 2.05) is 0 Å². The summed E-state index contributed by atoms with van der Waals surface area (Å²) in [5, 5.41) is 0. The molecule has 2 amide bonds. The molecule has 4 N–H and O–H groups in total. The zero-order valence-corrected chi connectivity index (χ0v) is 11.5. The Kier molecular flexibility index (Phi) is 4.70. The van der Waals surface area contributed by atoms with Gasteiger partial charge < -0.3 is 16.4 Å². The topological polar surface area (TPSA) is 92.7 Å². The fourth-order valence-corrected chi connectivity index (χ4v) is 2.14. The third-order valence-electron chi connectivity index (χ3n) is 3.28. The van der Waals surface area contributed by atoms with Crippen molar-refractivity contribution in [2.45, 2.75) is 38.8 Å². The third-order valence-corrected chi connectivity index (χ3v) is 3.28. The van der Waals surface area contributed by atoms with E-state index in [4.69, 9.17) is 11.5 Å². The van der Waals surface area contributed by atoms with Gasteiger partial charge in [0.15, 0.2) is 0 Å². The van der Waals surface area contributed by atoms with E-state index in [2.05, 4.69) is 25.7 Å². The van der Waals surface area contributed by atoms with Crippen LogP contribution in [0.5, 0.6) is 0 Å². The van der Waals surface area contributed by atoms with Gasteiger partial charge in [-0.05, 0) is 20.8 Å². The minimum Gasteiger partial charge on any atom is -0.370 e. The predicted molar refractivity (Wildman–Crippen MR) is 69.7 cm³/mol. The second-order valence-electron chi connectivity index (χ2n) is 5.76. The SMILES string of the molecule is CC(C)(C)N1CCN(C(=O)C(N)CC(N)=O)CC1. The quantitative estimate of drug-likeness (QED) is 0.686. The number of piperazine rings is 1. The van der Waals surface area contributed by atoms with Crippen LogP contribution in [0.25, 0.3) is 0 Å². The first kappa shape index (κ1) is 14.9. The molecule has 1 unspecified atom stereocenters. The lowest BCUT2D eigenvalue weighted by molar-refractivity contribution is -0.136. The molecule has 0 aromatic heterocycles. The molecule has 0 aromatic rings. The van der Waals surface area contributed by atoms with Crippen molar-refractivity contribution in [2.24, 2.45) is 11.5 Å². The summed E-state index contributed by atoms with van der Waals surface area (Å²) in [6.45, 7) is 9.44. The normalized spacial score (nSPS) is 19.7. The molecule has 6 heteroatoms. The van der Waals surface area contributed by atoms with E-state index in [1.165, 1.54) is 0 Å². The van der Waals surface area contributed by atoms with Crippen molar-refractivity contribution >= 4 is 11.8 Å². The first-order valence-corrected chi connectivity index (χ1v) is 6.29. The molecule has 0 aliphatic carbocycles. The minimum atomic E-state index is -0.802. The number of amides is 2. The van der Waals surface area contributed by atoms with Crippen LogP contribution in [0.3, 0.4) is 0 Å². The maximum atomic E-state index is 12.0. The van der Waals surface area contributed by atoms with E-state index in [9.17, 15) is 9.59 Å². The van der Waals surface area contributed by atoms with Crippen LogP contribution in [0.15, 0.2) is 0 Å². The largest absolute Gasteiger partial charge is 0.370 e. The maximum absolute atomic E-state index is 12.0. The zero-order valence-electron chi connectivity index (χ0n) is 11.5. The Morgan fingerprint density at radius 2 is 1.67 bits per heavy atom. The lowest BCUT2D eigenvalue weighted by Crippen LogP contribution is -2.57. The zero-order chi connectivity index (χ0) is 13.9. The molecule has 0 radical (unpaired) electrons. The van der Waals surface area contributed by atoms with Crippen molar-refractivity contribution in [2.75, 3.05) is 26.2 Å². The molecule has 0 spiro atoms. The van der Waals surface area contributed by atoms with Crippen LogP contribution in [0.4, 0.5) is 0 Å². The Morgan fingerprint density at radius 1 is 1.17 bits per heavy atom. The Hall–Kier alpha value is -1.14. The van der Waals surface area contributed by atoms with Gasteiger partial charge in [0.25, 0.3) is 0 Å². The Balaban J connectivity index is 2.48. The molecule has 0 bridgehead atoms. The smallest absolute Gasteiger partial charge is 0.240 e. The van der Waals surface area contributed by atoms with Gasteiger partial charge in [-0.25, -0.2) is 0 Å². The van der Waals surface area contributed by atoms with Crippen LogP contribution in [-0.2, 0) is 9.59 Å². The lowest BCUT2D eigenvalue weighted by Gasteiger charge is -2.42. The van der Waals surface area contributed by atoms with Crippen LogP contribution < -0.4 is 11.5 Å². The molecule has 1 heterocycles. The number of hydrogen-bond acceptors (Lipinski definition) is 4. The van der Waals surface area contributed by atoms with Gasteiger partial charge in [-0.2, -0.15) is 0 Å². The number of carbonyl (C=O) groups is 2. The van der Waals surface area contributed by atoms with Crippen LogP contribution >= 0.6 is 0 Å². The van der Waals surface area contributed by atoms with Gasteiger partial charge in [-0.1, -0.05) is 0 Å². The highest BCUT2D eigenvalue weighted by Crippen LogP contribution is 2.16. The Morgan fingerprint density at radius 3 is 2.06 bits per heavy atom. The standard InChI is InChI=1S/C12H24N4O2/c1-12(2,3)16-6-4-15(5-7-16)11(18)9(13)8-10(14)17/h9H,4-8,13H2,1-3H3,(H2,14,17). The number of nitrogens with zero attached hydrogens (tertiary/aromatic N) is 2. The van der Waals surface area contributed by atoms with E-state index in [1.54, 1.807) is 4.90 Å². The summed E-state index contributed by atoms with van der Waals surface area (Å²) in [6.07, 6.45) is -0.0850. The van der Waals surface area contributed by atoms with Crippen LogP contribution in [0.2, 0.25) is 0 Å². The number of primary amides is 1. The van der Waals surface area contributed by atoms with Gasteiger partial charge in [-0.15, -0.1) is 0 Å². The number of nitrogens with two attached hydrogens (primary N) is 2. The fraction of sp³-hybridized carbons (Fsp3) is 0.833. The monoisotopic (exact) mass is 256 g/mol. The highest BCUT2D eigenvalue weighted by atomic mass is 16.2. The predicted octanol–water partition coefficient (Wildman–Crippen LogP) is -0.868. The van der Waals surface area contributed by atoms with Crippen molar-refractivity contribution in [3.8, 4) is 0 Å². The van der Waals surface area contributed by atoms with E-state index < -0.39 is 11.9 Å². The van der Waals surface area contributed by atoms with Crippen LogP contribution in [-0.4, -0.2) is 59.4 Å². The second kappa shape index (κ2) is 5.67. The van der Waals surface area contributed by atoms with Gasteiger partial charge in [0.05, 0.1) is 12.5 Å². The average molecular weight is 256 g/mol. The molecule has 1 atom stereocenters. The lowest BCUT2D eigenvalue weighted by atomic mass is 10.0. The first-order valence-electron chi connectivity index (χ1n) is 6.29. The summed E-state index contributed by atoms with van der Waals surface area (Å²) >= 11 is 0.